The molecule has 1 aromatic rings. The van der Waals surface area contributed by atoms with Gasteiger partial charge >= 0.3 is 0 Å². The largest absolute Gasteiger partial charge is 0.496 e. The van der Waals surface area contributed by atoms with E-state index in [1.54, 1.807) is 26.2 Å². The highest BCUT2D eigenvalue weighted by atomic mass is 32.2. The van der Waals surface area contributed by atoms with Crippen molar-refractivity contribution < 1.29 is 22.7 Å². The number of nitrogens with one attached hydrogen (secondary N) is 2. The summed E-state index contributed by atoms with van der Waals surface area (Å²) in [6.07, 6.45) is 4.42. The van der Waals surface area contributed by atoms with E-state index in [1.165, 1.54) is 18.1 Å². The smallest absolute Gasteiger partial charge is 0.257 e. The van der Waals surface area contributed by atoms with Crippen LogP contribution in [-0.4, -0.2) is 58.1 Å². The van der Waals surface area contributed by atoms with E-state index in [0.717, 1.165) is 25.5 Å². The van der Waals surface area contributed by atoms with Gasteiger partial charge in [0.2, 0.25) is 15.9 Å². The molecule has 0 unspecified atom stereocenters. The molecule has 8 nitrogen and oxygen atoms in total. The fraction of sp³-hybridized carbons (Fsp3) is 0.556. The van der Waals surface area contributed by atoms with Crippen LogP contribution >= 0.6 is 0 Å². The molecule has 0 atom stereocenters. The Kier molecular flexibility index (Phi) is 6.48. The van der Waals surface area contributed by atoms with Crippen molar-refractivity contribution in [2.45, 2.75) is 37.6 Å². The summed E-state index contributed by atoms with van der Waals surface area (Å²) in [5.74, 6) is -0.279. The molecule has 2 N–H and O–H groups in total. The third kappa shape index (κ3) is 5.20. The molecule has 0 spiro atoms. The number of hydrogen-bond donors (Lipinski definition) is 2. The van der Waals surface area contributed by atoms with Crippen LogP contribution in [-0.2, 0) is 14.8 Å². The summed E-state index contributed by atoms with van der Waals surface area (Å²) in [4.78, 5) is 26.7. The molecule has 0 heterocycles. The lowest BCUT2D eigenvalue weighted by Crippen LogP contribution is -2.57. The van der Waals surface area contributed by atoms with E-state index >= 15 is 0 Å². The molecule has 1 saturated carbocycles. The molecule has 0 aliphatic heterocycles. The van der Waals surface area contributed by atoms with Gasteiger partial charge in [-0.15, -0.1) is 0 Å². The number of ether oxygens (including phenoxy) is 1. The standard InChI is InChI=1S/C18H27N3O5S/c1-21(2)16(22)14-12-13(8-9-15(14)26-3)19-17(23)18(20-27(4,24)25)10-6-5-7-11-18/h8-9,12,20H,5-7,10-11H2,1-4H3,(H,19,23). The Morgan fingerprint density at radius 3 is 2.30 bits per heavy atom. The Morgan fingerprint density at radius 1 is 1.15 bits per heavy atom. The van der Waals surface area contributed by atoms with Crippen molar-refractivity contribution in [1.82, 2.24) is 9.62 Å². The third-order valence-corrected chi connectivity index (χ3v) is 5.38. The lowest BCUT2D eigenvalue weighted by molar-refractivity contribution is -0.122. The minimum absolute atomic E-state index is 0.260. The maximum atomic E-state index is 13.0. The fourth-order valence-electron chi connectivity index (χ4n) is 3.33. The molecule has 0 saturated heterocycles. The predicted octanol–water partition coefficient (Wildman–Crippen LogP) is 1.59. The quantitative estimate of drug-likeness (QED) is 0.758. The molecule has 150 valence electrons. The average molecular weight is 397 g/mol. The first-order valence-corrected chi connectivity index (χ1v) is 10.7. The van der Waals surface area contributed by atoms with Crippen molar-refractivity contribution in [2.75, 3.05) is 32.8 Å². The third-order valence-electron chi connectivity index (χ3n) is 4.62. The summed E-state index contributed by atoms with van der Waals surface area (Å²) < 4.78 is 31.4. The summed E-state index contributed by atoms with van der Waals surface area (Å²) in [6.45, 7) is 0. The zero-order valence-electron chi connectivity index (χ0n) is 16.2. The maximum Gasteiger partial charge on any atom is 0.257 e. The van der Waals surface area contributed by atoms with E-state index in [2.05, 4.69) is 10.0 Å². The number of nitrogens with zero attached hydrogens (tertiary/aromatic N) is 1. The van der Waals surface area contributed by atoms with Gasteiger partial charge in [-0.05, 0) is 31.0 Å². The second-order valence-electron chi connectivity index (χ2n) is 7.09. The molecule has 0 radical (unpaired) electrons. The van der Waals surface area contributed by atoms with Crippen LogP contribution in [0.5, 0.6) is 5.75 Å². The second-order valence-corrected chi connectivity index (χ2v) is 8.83. The Morgan fingerprint density at radius 2 is 1.78 bits per heavy atom. The Bertz CT molecular complexity index is 814. The molecular formula is C18H27N3O5S. The highest BCUT2D eigenvalue weighted by Crippen LogP contribution is 2.31. The van der Waals surface area contributed by atoms with E-state index < -0.39 is 21.5 Å². The van der Waals surface area contributed by atoms with Gasteiger partial charge in [-0.3, -0.25) is 9.59 Å². The number of carbonyl (C=O) groups is 2. The zero-order chi connectivity index (χ0) is 20.2. The highest BCUT2D eigenvalue weighted by Gasteiger charge is 2.41. The Balaban J connectivity index is 2.32. The number of anilines is 1. The molecule has 0 bridgehead atoms. The molecule has 1 fully saturated rings. The molecular weight excluding hydrogens is 370 g/mol. The van der Waals surface area contributed by atoms with Crippen LogP contribution < -0.4 is 14.8 Å². The minimum Gasteiger partial charge on any atom is -0.496 e. The number of sulfonamides is 1. The number of methoxy groups -OCH3 is 1. The zero-order valence-corrected chi connectivity index (χ0v) is 17.0. The van der Waals surface area contributed by atoms with Crippen LogP contribution in [0.1, 0.15) is 42.5 Å². The van der Waals surface area contributed by atoms with E-state index in [1.807, 2.05) is 0 Å². The highest BCUT2D eigenvalue weighted by molar-refractivity contribution is 7.88. The molecule has 2 amide bonds. The van der Waals surface area contributed by atoms with E-state index in [9.17, 15) is 18.0 Å². The molecule has 1 aromatic carbocycles. The molecule has 2 rings (SSSR count). The maximum absolute atomic E-state index is 13.0. The Labute approximate surface area is 160 Å². The van der Waals surface area contributed by atoms with Crippen LogP contribution in [0.3, 0.4) is 0 Å². The first kappa shape index (κ1) is 21.2. The number of benzene rings is 1. The number of rotatable bonds is 6. The van der Waals surface area contributed by atoms with E-state index in [0.29, 0.717) is 29.8 Å². The minimum atomic E-state index is -3.55. The lowest BCUT2D eigenvalue weighted by Gasteiger charge is -2.35. The molecule has 1 aliphatic carbocycles. The van der Waals surface area contributed by atoms with Gasteiger partial charge in [0.1, 0.15) is 11.3 Å². The molecule has 9 heteroatoms. The van der Waals surface area contributed by atoms with E-state index in [-0.39, 0.29) is 5.91 Å². The SMILES string of the molecule is COc1ccc(NC(=O)C2(NS(C)(=O)=O)CCCCC2)cc1C(=O)N(C)C. The monoisotopic (exact) mass is 397 g/mol. The molecule has 27 heavy (non-hydrogen) atoms. The molecule has 1 aliphatic rings. The van der Waals surface area contributed by atoms with Gasteiger partial charge in [0, 0.05) is 19.8 Å². The van der Waals surface area contributed by atoms with Crippen molar-refractivity contribution in [2.24, 2.45) is 0 Å². The van der Waals surface area contributed by atoms with Gasteiger partial charge in [0.25, 0.3) is 5.91 Å². The number of carbonyl (C=O) groups excluding carboxylic acids is 2. The lowest BCUT2D eigenvalue weighted by atomic mass is 9.82. The van der Waals surface area contributed by atoms with Crippen molar-refractivity contribution in [3.8, 4) is 5.75 Å². The molecule has 0 aromatic heterocycles. The van der Waals surface area contributed by atoms with Gasteiger partial charge in [0.15, 0.2) is 0 Å². The van der Waals surface area contributed by atoms with Crippen molar-refractivity contribution in [3.05, 3.63) is 23.8 Å². The summed E-state index contributed by atoms with van der Waals surface area (Å²) in [6, 6.07) is 4.76. The number of hydrogen-bond acceptors (Lipinski definition) is 5. The average Bonchev–Trinajstić information content (AvgIpc) is 2.60. The summed E-state index contributed by atoms with van der Waals surface area (Å²) in [7, 11) is 1.16. The van der Waals surface area contributed by atoms with Gasteiger partial charge in [0.05, 0.1) is 18.9 Å². The van der Waals surface area contributed by atoms with Crippen LogP contribution in [0.4, 0.5) is 5.69 Å². The van der Waals surface area contributed by atoms with Crippen LogP contribution in [0.25, 0.3) is 0 Å². The van der Waals surface area contributed by atoms with Gasteiger partial charge < -0.3 is 15.0 Å². The Hall–Kier alpha value is -2.13. The van der Waals surface area contributed by atoms with Crippen LogP contribution in [0.15, 0.2) is 18.2 Å². The van der Waals surface area contributed by atoms with Crippen LogP contribution in [0, 0.1) is 0 Å². The normalized spacial score (nSPS) is 16.4. The van der Waals surface area contributed by atoms with Crippen molar-refractivity contribution >= 4 is 27.5 Å². The predicted molar refractivity (Wildman–Crippen MR) is 103 cm³/mol. The fourth-order valence-corrected chi connectivity index (χ4v) is 4.34. The summed E-state index contributed by atoms with van der Waals surface area (Å²) in [5, 5.41) is 2.77. The first-order valence-electron chi connectivity index (χ1n) is 8.78. The van der Waals surface area contributed by atoms with Gasteiger partial charge in [-0.2, -0.15) is 4.72 Å². The van der Waals surface area contributed by atoms with Gasteiger partial charge in [-0.25, -0.2) is 8.42 Å². The van der Waals surface area contributed by atoms with Crippen LogP contribution in [0.2, 0.25) is 0 Å². The van der Waals surface area contributed by atoms with Crippen molar-refractivity contribution in [3.63, 3.8) is 0 Å². The second kappa shape index (κ2) is 8.26. The van der Waals surface area contributed by atoms with E-state index in [4.69, 9.17) is 4.74 Å². The summed E-state index contributed by atoms with van der Waals surface area (Å²) >= 11 is 0. The topological polar surface area (TPSA) is 105 Å². The number of amides is 2. The first-order chi connectivity index (χ1) is 12.6. The summed E-state index contributed by atoms with van der Waals surface area (Å²) in [5.41, 5.74) is -0.447. The van der Waals surface area contributed by atoms with Crippen molar-refractivity contribution in [1.29, 1.82) is 0 Å². The van der Waals surface area contributed by atoms with Gasteiger partial charge in [-0.1, -0.05) is 19.3 Å².